The molecule has 0 spiro atoms. The molecule has 3 nitrogen and oxygen atoms in total. The smallest absolute Gasteiger partial charge is 0.0594 e. The van der Waals surface area contributed by atoms with E-state index in [-0.39, 0.29) is 0 Å². The predicted molar refractivity (Wildman–Crippen MR) is 78.0 cm³/mol. The van der Waals surface area contributed by atoms with Gasteiger partial charge in [-0.2, -0.15) is 0 Å². The molecule has 0 bridgehead atoms. The number of rotatable bonds is 9. The van der Waals surface area contributed by atoms with Crippen molar-refractivity contribution >= 4 is 0 Å². The Bertz CT molecular complexity index is 187. The van der Waals surface area contributed by atoms with E-state index < -0.39 is 0 Å². The Kier molecular flexibility index (Phi) is 8.64. The van der Waals surface area contributed by atoms with Gasteiger partial charge in [-0.05, 0) is 44.7 Å². The highest BCUT2D eigenvalue weighted by Gasteiger charge is 2.17. The van der Waals surface area contributed by atoms with Crippen LogP contribution in [0.2, 0.25) is 0 Å². The van der Waals surface area contributed by atoms with E-state index in [0.29, 0.717) is 6.10 Å². The Morgan fingerprint density at radius 3 is 2.33 bits per heavy atom. The Morgan fingerprint density at radius 1 is 1.06 bits per heavy atom. The third kappa shape index (κ3) is 6.72. The number of ether oxygens (including phenoxy) is 1. The van der Waals surface area contributed by atoms with Gasteiger partial charge in [-0.1, -0.05) is 20.8 Å². The fourth-order valence-corrected chi connectivity index (χ4v) is 2.60. The Morgan fingerprint density at radius 2 is 1.72 bits per heavy atom. The van der Waals surface area contributed by atoms with Crippen LogP contribution in [0.4, 0.5) is 0 Å². The normalized spacial score (nSPS) is 24.7. The number of hydrogen-bond donors (Lipinski definition) is 1. The highest BCUT2D eigenvalue weighted by Crippen LogP contribution is 2.25. The molecule has 0 saturated heterocycles. The van der Waals surface area contributed by atoms with Crippen molar-refractivity contribution in [3.05, 3.63) is 0 Å². The first kappa shape index (κ1) is 15.9. The van der Waals surface area contributed by atoms with Gasteiger partial charge in [0, 0.05) is 19.6 Å². The highest BCUT2D eigenvalue weighted by atomic mass is 16.5. The zero-order valence-electron chi connectivity index (χ0n) is 12.6. The molecule has 0 heterocycles. The summed E-state index contributed by atoms with van der Waals surface area (Å²) < 4.78 is 5.91. The summed E-state index contributed by atoms with van der Waals surface area (Å²) in [4.78, 5) is 2.44. The van der Waals surface area contributed by atoms with Crippen LogP contribution in [0.3, 0.4) is 0 Å². The van der Waals surface area contributed by atoms with Gasteiger partial charge in [0.05, 0.1) is 12.7 Å². The van der Waals surface area contributed by atoms with Crippen molar-refractivity contribution in [2.45, 2.75) is 52.6 Å². The van der Waals surface area contributed by atoms with Gasteiger partial charge in [-0.3, -0.25) is 0 Å². The molecule has 3 heteroatoms. The predicted octanol–water partition coefficient (Wildman–Crippen LogP) is 2.51. The molecule has 1 fully saturated rings. The topological polar surface area (TPSA) is 24.5 Å². The second kappa shape index (κ2) is 9.76. The molecule has 0 aliphatic heterocycles. The van der Waals surface area contributed by atoms with Crippen LogP contribution in [0, 0.1) is 5.92 Å². The lowest BCUT2D eigenvalue weighted by Gasteiger charge is -2.26. The molecule has 0 aromatic carbocycles. The molecule has 0 unspecified atom stereocenters. The lowest BCUT2D eigenvalue weighted by molar-refractivity contribution is 0.0215. The van der Waals surface area contributed by atoms with Crippen LogP contribution in [0.1, 0.15) is 46.5 Å². The van der Waals surface area contributed by atoms with Crippen molar-refractivity contribution in [2.75, 3.05) is 39.3 Å². The molecule has 0 aromatic heterocycles. The van der Waals surface area contributed by atoms with Crippen molar-refractivity contribution in [1.82, 2.24) is 10.2 Å². The minimum atomic E-state index is 0.533. The monoisotopic (exact) mass is 256 g/mol. The van der Waals surface area contributed by atoms with E-state index in [2.05, 4.69) is 31.0 Å². The van der Waals surface area contributed by atoms with Crippen LogP contribution in [0.15, 0.2) is 0 Å². The fraction of sp³-hybridized carbons (Fsp3) is 1.00. The van der Waals surface area contributed by atoms with Gasteiger partial charge in [-0.15, -0.1) is 0 Å². The average molecular weight is 256 g/mol. The molecule has 0 amide bonds. The van der Waals surface area contributed by atoms with Crippen LogP contribution in [-0.2, 0) is 4.74 Å². The first-order valence-corrected chi connectivity index (χ1v) is 7.80. The largest absolute Gasteiger partial charge is 0.377 e. The lowest BCUT2D eigenvalue weighted by atomic mass is 9.89. The molecule has 18 heavy (non-hydrogen) atoms. The summed E-state index contributed by atoms with van der Waals surface area (Å²) in [6.07, 6.45) is 5.76. The molecule has 0 atom stereocenters. The summed E-state index contributed by atoms with van der Waals surface area (Å²) in [6.45, 7) is 13.2. The van der Waals surface area contributed by atoms with E-state index in [9.17, 15) is 0 Å². The highest BCUT2D eigenvalue weighted by molar-refractivity contribution is 4.70. The van der Waals surface area contributed by atoms with Crippen LogP contribution in [-0.4, -0.2) is 50.3 Å². The number of likely N-dealkylation sites (N-methyl/N-ethyl adjacent to an activating group) is 1. The summed E-state index contributed by atoms with van der Waals surface area (Å²) in [5.41, 5.74) is 0. The second-order valence-electron chi connectivity index (χ2n) is 5.53. The van der Waals surface area contributed by atoms with E-state index >= 15 is 0 Å². The van der Waals surface area contributed by atoms with Crippen molar-refractivity contribution in [2.24, 2.45) is 5.92 Å². The van der Waals surface area contributed by atoms with Gasteiger partial charge in [0.1, 0.15) is 0 Å². The van der Waals surface area contributed by atoms with E-state index in [4.69, 9.17) is 4.74 Å². The quantitative estimate of drug-likeness (QED) is 0.642. The number of nitrogens with one attached hydrogen (secondary N) is 1. The number of hydrogen-bond acceptors (Lipinski definition) is 3. The first-order valence-electron chi connectivity index (χ1n) is 7.80. The van der Waals surface area contributed by atoms with Crippen molar-refractivity contribution < 1.29 is 4.74 Å². The van der Waals surface area contributed by atoms with Crippen LogP contribution in [0.5, 0.6) is 0 Å². The third-order valence-corrected chi connectivity index (χ3v) is 4.09. The molecule has 1 aliphatic carbocycles. The molecule has 1 saturated carbocycles. The van der Waals surface area contributed by atoms with Crippen LogP contribution >= 0.6 is 0 Å². The Labute approximate surface area is 113 Å². The zero-order valence-corrected chi connectivity index (χ0v) is 12.6. The van der Waals surface area contributed by atoms with E-state index in [1.807, 2.05) is 0 Å². The van der Waals surface area contributed by atoms with Crippen LogP contribution < -0.4 is 5.32 Å². The minimum absolute atomic E-state index is 0.533. The third-order valence-electron chi connectivity index (χ3n) is 4.09. The first-order chi connectivity index (χ1) is 8.76. The summed E-state index contributed by atoms with van der Waals surface area (Å²) in [7, 11) is 0. The Hall–Kier alpha value is -0.120. The van der Waals surface area contributed by atoms with Crippen LogP contribution in [0.25, 0.3) is 0 Å². The molecule has 0 radical (unpaired) electrons. The maximum atomic E-state index is 5.91. The van der Waals surface area contributed by atoms with Gasteiger partial charge in [0.15, 0.2) is 0 Å². The lowest BCUT2D eigenvalue weighted by Crippen LogP contribution is -2.33. The maximum absolute atomic E-state index is 5.91. The molecule has 1 rings (SSSR count). The SMILES string of the molecule is CCN(CC)CCNCCOC1CCC(C)CC1. The van der Waals surface area contributed by atoms with Crippen molar-refractivity contribution in [1.29, 1.82) is 0 Å². The maximum Gasteiger partial charge on any atom is 0.0594 e. The summed E-state index contributed by atoms with van der Waals surface area (Å²) in [5.74, 6) is 0.914. The van der Waals surface area contributed by atoms with Crippen molar-refractivity contribution in [3.8, 4) is 0 Å². The molecule has 1 aliphatic rings. The van der Waals surface area contributed by atoms with Crippen molar-refractivity contribution in [3.63, 3.8) is 0 Å². The average Bonchev–Trinajstić information content (AvgIpc) is 2.40. The molecule has 108 valence electrons. The summed E-state index contributed by atoms with van der Waals surface area (Å²) in [6, 6.07) is 0. The molecule has 1 N–H and O–H groups in total. The minimum Gasteiger partial charge on any atom is -0.377 e. The zero-order chi connectivity index (χ0) is 13.2. The van der Waals surface area contributed by atoms with E-state index in [0.717, 1.165) is 45.2 Å². The second-order valence-corrected chi connectivity index (χ2v) is 5.53. The Balaban J connectivity index is 1.89. The fourth-order valence-electron chi connectivity index (χ4n) is 2.60. The molecular weight excluding hydrogens is 224 g/mol. The summed E-state index contributed by atoms with van der Waals surface area (Å²) >= 11 is 0. The van der Waals surface area contributed by atoms with Gasteiger partial charge in [0.2, 0.25) is 0 Å². The molecular formula is C15H32N2O. The number of nitrogens with zero attached hydrogens (tertiary/aromatic N) is 1. The van der Waals surface area contributed by atoms with E-state index in [1.165, 1.54) is 25.7 Å². The molecule has 0 aromatic rings. The van der Waals surface area contributed by atoms with Gasteiger partial charge < -0.3 is 15.0 Å². The van der Waals surface area contributed by atoms with Gasteiger partial charge >= 0.3 is 0 Å². The summed E-state index contributed by atoms with van der Waals surface area (Å²) in [5, 5.41) is 3.47. The standard InChI is InChI=1S/C15H32N2O/c1-4-17(5-2)12-10-16-11-13-18-15-8-6-14(3)7-9-15/h14-16H,4-13H2,1-3H3. The van der Waals surface area contributed by atoms with E-state index in [1.54, 1.807) is 0 Å². The van der Waals surface area contributed by atoms with Gasteiger partial charge in [-0.25, -0.2) is 0 Å². The van der Waals surface area contributed by atoms with Gasteiger partial charge in [0.25, 0.3) is 0 Å².